The first-order valence-electron chi connectivity index (χ1n) is 13.9. The third-order valence-electron chi connectivity index (χ3n) is 11.8. The van der Waals surface area contributed by atoms with Crippen molar-refractivity contribution in [2.75, 3.05) is 7.11 Å². The number of ether oxygens (including phenoxy) is 1. The van der Waals surface area contributed by atoms with Crippen molar-refractivity contribution in [2.45, 2.75) is 118 Å². The van der Waals surface area contributed by atoms with Crippen LogP contribution in [0.2, 0.25) is 0 Å². The molecule has 4 rings (SSSR count). The quantitative estimate of drug-likeness (QED) is 0.427. The first kappa shape index (κ1) is 26.4. The van der Waals surface area contributed by atoms with Gasteiger partial charge in [-0.3, -0.25) is 0 Å². The summed E-state index contributed by atoms with van der Waals surface area (Å²) in [6.07, 6.45) is 14.6. The molecule has 2 N–H and O–H groups in total. The first-order valence-corrected chi connectivity index (χ1v) is 13.9. The normalized spacial score (nSPS) is 47.0. The van der Waals surface area contributed by atoms with Crippen LogP contribution in [0, 0.1) is 45.3 Å². The van der Waals surface area contributed by atoms with Gasteiger partial charge in [-0.15, -0.1) is 0 Å². The van der Waals surface area contributed by atoms with Gasteiger partial charge in [-0.05, 0) is 92.8 Å². The van der Waals surface area contributed by atoms with Crippen LogP contribution >= 0.6 is 0 Å². The molecular formula is C31H52O3. The van der Waals surface area contributed by atoms with Gasteiger partial charge in [0.2, 0.25) is 0 Å². The second-order valence-corrected chi connectivity index (χ2v) is 14.4. The molecule has 4 aliphatic carbocycles. The highest BCUT2D eigenvalue weighted by Crippen LogP contribution is 2.75. The highest BCUT2D eigenvalue weighted by molar-refractivity contribution is 5.32. The fraction of sp³-hybridized carbons (Fsp3) is 0.871. The number of fused-ring (bicyclic) bond motifs is 5. The van der Waals surface area contributed by atoms with Crippen LogP contribution in [0.15, 0.2) is 23.8 Å². The fourth-order valence-electron chi connectivity index (χ4n) is 9.63. The van der Waals surface area contributed by atoms with E-state index in [-0.39, 0.29) is 28.5 Å². The molecule has 0 amide bonds. The van der Waals surface area contributed by atoms with Crippen LogP contribution in [0.3, 0.4) is 0 Å². The van der Waals surface area contributed by atoms with Crippen LogP contribution in [-0.2, 0) is 4.74 Å². The predicted octanol–water partition coefficient (Wildman–Crippen LogP) is 6.93. The minimum atomic E-state index is -0.736. The zero-order valence-corrected chi connectivity index (χ0v) is 23.4. The smallest absolute Gasteiger partial charge is 0.0793 e. The van der Waals surface area contributed by atoms with Gasteiger partial charge >= 0.3 is 0 Å². The number of methoxy groups -OCH3 is 1. The van der Waals surface area contributed by atoms with Crippen LogP contribution in [0.4, 0.5) is 0 Å². The number of aliphatic hydroxyl groups is 2. The van der Waals surface area contributed by atoms with Crippen molar-refractivity contribution in [3.05, 3.63) is 23.8 Å². The molecule has 3 heteroatoms. The molecule has 0 saturated heterocycles. The van der Waals surface area contributed by atoms with Crippen molar-refractivity contribution in [3.63, 3.8) is 0 Å². The van der Waals surface area contributed by atoms with Gasteiger partial charge < -0.3 is 14.9 Å². The Morgan fingerprint density at radius 3 is 2.35 bits per heavy atom. The summed E-state index contributed by atoms with van der Waals surface area (Å²) in [6, 6.07) is 0. The summed E-state index contributed by atoms with van der Waals surface area (Å²) < 4.78 is 6.32. The highest BCUT2D eigenvalue weighted by atomic mass is 16.5. The molecule has 0 aromatic carbocycles. The molecule has 3 nitrogen and oxygen atoms in total. The van der Waals surface area contributed by atoms with Gasteiger partial charge in [-0.1, -0.05) is 65.3 Å². The maximum atomic E-state index is 10.9. The van der Waals surface area contributed by atoms with Gasteiger partial charge in [0, 0.05) is 18.4 Å². The van der Waals surface area contributed by atoms with E-state index in [9.17, 15) is 10.2 Å². The van der Waals surface area contributed by atoms with Crippen molar-refractivity contribution < 1.29 is 14.9 Å². The molecule has 0 aromatic heterocycles. The zero-order chi connectivity index (χ0) is 25.3. The Kier molecular flexibility index (Phi) is 6.57. The average molecular weight is 473 g/mol. The summed E-state index contributed by atoms with van der Waals surface area (Å²) in [5.74, 6) is 2.36. The molecular weight excluding hydrogens is 420 g/mol. The molecule has 0 aromatic rings. The number of aliphatic hydroxyl groups excluding tert-OH is 1. The first-order chi connectivity index (χ1) is 15.6. The van der Waals surface area contributed by atoms with Crippen molar-refractivity contribution in [2.24, 2.45) is 45.3 Å². The predicted molar refractivity (Wildman–Crippen MR) is 140 cm³/mol. The summed E-state index contributed by atoms with van der Waals surface area (Å²) in [6.45, 7) is 18.4. The topological polar surface area (TPSA) is 49.7 Å². The maximum Gasteiger partial charge on any atom is 0.0793 e. The molecule has 3 fully saturated rings. The maximum absolute atomic E-state index is 10.9. The summed E-state index contributed by atoms with van der Waals surface area (Å²) in [5, 5.41) is 21.0. The Hall–Kier alpha value is -0.640. The van der Waals surface area contributed by atoms with Crippen LogP contribution in [0.5, 0.6) is 0 Å². The molecule has 194 valence electrons. The van der Waals surface area contributed by atoms with E-state index in [1.807, 2.05) is 27.0 Å². The van der Waals surface area contributed by atoms with Gasteiger partial charge in [0.05, 0.1) is 17.8 Å². The van der Waals surface area contributed by atoms with E-state index in [1.165, 1.54) is 31.3 Å². The molecule has 0 radical (unpaired) electrons. The number of allylic oxidation sites excluding steroid dienone is 1. The monoisotopic (exact) mass is 472 g/mol. The van der Waals surface area contributed by atoms with E-state index in [1.54, 1.807) is 0 Å². The number of hydrogen-bond donors (Lipinski definition) is 2. The number of hydrogen-bond acceptors (Lipinski definition) is 3. The lowest BCUT2D eigenvalue weighted by molar-refractivity contribution is -0.182. The standard InChI is InChI=1S/C31H52O3/c1-20(11-10-15-27(2,3)33)21-14-16-31(8)26-24(34-9)19-23-22(12-13-25(32)28(23,4)5)29(26,6)17-18-30(21,31)7/h10,15,19-22,24-26,32-33H,11-14,16-18H2,1-9H3/b15-10+/t20-,21-,22-,24-,25+,26-,29+,30-,31+/m1/s1. The molecule has 0 aliphatic heterocycles. The van der Waals surface area contributed by atoms with Gasteiger partial charge in [0.25, 0.3) is 0 Å². The Morgan fingerprint density at radius 2 is 1.74 bits per heavy atom. The lowest BCUT2D eigenvalue weighted by Gasteiger charge is -2.67. The van der Waals surface area contributed by atoms with Gasteiger partial charge in [0.1, 0.15) is 0 Å². The van der Waals surface area contributed by atoms with Crippen molar-refractivity contribution in [1.82, 2.24) is 0 Å². The Morgan fingerprint density at radius 1 is 1.06 bits per heavy atom. The van der Waals surface area contributed by atoms with Gasteiger partial charge in [-0.25, -0.2) is 0 Å². The van der Waals surface area contributed by atoms with Crippen molar-refractivity contribution >= 4 is 0 Å². The van der Waals surface area contributed by atoms with E-state index in [2.05, 4.69) is 53.7 Å². The summed E-state index contributed by atoms with van der Waals surface area (Å²) in [4.78, 5) is 0. The zero-order valence-electron chi connectivity index (χ0n) is 23.4. The molecule has 0 bridgehead atoms. The minimum Gasteiger partial charge on any atom is -0.392 e. The molecule has 3 saturated carbocycles. The SMILES string of the molecule is CO[C@@H]1C=C2[C@@H](CC[C@H](O)C2(C)C)[C@]2(C)CC[C@]3(C)[C@@H]([C@H](C)C/C=C/C(C)(C)O)CC[C@@]3(C)[C@H]12. The third kappa shape index (κ3) is 3.79. The molecule has 34 heavy (non-hydrogen) atoms. The Bertz CT molecular complexity index is 834. The number of rotatable bonds is 5. The Labute approximate surface area is 209 Å². The largest absolute Gasteiger partial charge is 0.392 e. The van der Waals surface area contributed by atoms with E-state index in [0.717, 1.165) is 19.3 Å². The molecule has 0 heterocycles. The second kappa shape index (κ2) is 8.45. The van der Waals surface area contributed by atoms with Gasteiger partial charge in [0.15, 0.2) is 0 Å². The molecule has 0 spiro atoms. The van der Waals surface area contributed by atoms with Crippen molar-refractivity contribution in [3.8, 4) is 0 Å². The van der Waals surface area contributed by atoms with Crippen LogP contribution in [-0.4, -0.2) is 35.1 Å². The van der Waals surface area contributed by atoms with Crippen LogP contribution in [0.1, 0.15) is 100 Å². The molecule has 4 aliphatic rings. The molecule has 9 atom stereocenters. The van der Waals surface area contributed by atoms with E-state index >= 15 is 0 Å². The van der Waals surface area contributed by atoms with Crippen LogP contribution in [0.25, 0.3) is 0 Å². The molecule has 0 unspecified atom stereocenters. The lowest BCUT2D eigenvalue weighted by Crippen LogP contribution is -2.63. The second-order valence-electron chi connectivity index (χ2n) is 14.4. The highest BCUT2D eigenvalue weighted by Gasteiger charge is 2.69. The summed E-state index contributed by atoms with van der Waals surface area (Å²) in [5.41, 5.74) is 1.31. The summed E-state index contributed by atoms with van der Waals surface area (Å²) >= 11 is 0. The fourth-order valence-corrected chi connectivity index (χ4v) is 9.63. The summed E-state index contributed by atoms with van der Waals surface area (Å²) in [7, 11) is 1.90. The minimum absolute atomic E-state index is 0.120. The lowest BCUT2D eigenvalue weighted by atomic mass is 9.38. The van der Waals surface area contributed by atoms with E-state index in [4.69, 9.17) is 4.74 Å². The average Bonchev–Trinajstić information content (AvgIpc) is 3.00. The van der Waals surface area contributed by atoms with E-state index in [0.29, 0.717) is 29.1 Å². The Balaban J connectivity index is 1.69. The van der Waals surface area contributed by atoms with E-state index < -0.39 is 5.60 Å². The third-order valence-corrected chi connectivity index (χ3v) is 11.8. The van der Waals surface area contributed by atoms with Crippen molar-refractivity contribution in [1.29, 1.82) is 0 Å². The van der Waals surface area contributed by atoms with Gasteiger partial charge in [-0.2, -0.15) is 0 Å². The van der Waals surface area contributed by atoms with Crippen LogP contribution < -0.4 is 0 Å².